The maximum Gasteiger partial charge on any atom is 0.249 e. The van der Waals surface area contributed by atoms with Crippen molar-refractivity contribution in [1.29, 1.82) is 0 Å². The molecule has 0 fully saturated rings. The molecule has 0 aliphatic heterocycles. The van der Waals surface area contributed by atoms with Crippen molar-refractivity contribution < 1.29 is 0 Å². The fraction of sp³-hybridized carbons (Fsp3) is 0.667. The Morgan fingerprint density at radius 3 is 2.44 bits per heavy atom. The van der Waals surface area contributed by atoms with E-state index in [4.69, 9.17) is 11.1 Å². The van der Waals surface area contributed by atoms with Crippen LogP contribution in [-0.4, -0.2) is 14.6 Å². The molecule has 1 N–H and O–H groups in total. The highest BCUT2D eigenvalue weighted by Crippen LogP contribution is 2.13. The van der Waals surface area contributed by atoms with Crippen molar-refractivity contribution in [2.75, 3.05) is 7.05 Å². The predicted octanol–water partition coefficient (Wildman–Crippen LogP) is 2.02. The summed E-state index contributed by atoms with van der Waals surface area (Å²) in [4.78, 5) is 3.12. The molecule has 0 aliphatic carbocycles. The smallest absolute Gasteiger partial charge is 0.249 e. The quantitative estimate of drug-likeness (QED) is 0.494. The summed E-state index contributed by atoms with van der Waals surface area (Å²) in [6.45, 7) is 5.82. The molecule has 1 atom stereocenters. The Kier molecular flexibility index (Phi) is 4.19. The van der Waals surface area contributed by atoms with Gasteiger partial charge in [-0.3, -0.25) is 0 Å². The first-order valence-corrected chi connectivity index (χ1v) is 6.49. The van der Waals surface area contributed by atoms with Gasteiger partial charge in [0.1, 0.15) is 0 Å². The maximum absolute atomic E-state index is 6.12. The number of rotatable bonds is 4. The standard InChI is InChI=1S/C6H14ClNSi/c1-4-6-9(7,5-2)8-3/h5,8H,2,4,6H2,1,3H3. The van der Waals surface area contributed by atoms with E-state index in [2.05, 4.69) is 18.5 Å². The van der Waals surface area contributed by atoms with Gasteiger partial charge in [-0.15, -0.1) is 17.7 Å². The summed E-state index contributed by atoms with van der Waals surface area (Å²) in [5.74, 6) is 0. The summed E-state index contributed by atoms with van der Waals surface area (Å²) in [7, 11) is 0.188. The highest BCUT2D eigenvalue weighted by molar-refractivity contribution is 7.21. The van der Waals surface area contributed by atoms with E-state index in [-0.39, 0.29) is 0 Å². The van der Waals surface area contributed by atoms with Crippen LogP contribution in [0.25, 0.3) is 0 Å². The van der Waals surface area contributed by atoms with Gasteiger partial charge in [-0.05, 0) is 13.1 Å². The van der Waals surface area contributed by atoms with Gasteiger partial charge < -0.3 is 4.98 Å². The molecule has 0 aromatic heterocycles. The van der Waals surface area contributed by atoms with Gasteiger partial charge in [0, 0.05) is 0 Å². The van der Waals surface area contributed by atoms with E-state index in [1.165, 1.54) is 0 Å². The van der Waals surface area contributed by atoms with Gasteiger partial charge in [-0.2, -0.15) is 0 Å². The van der Waals surface area contributed by atoms with E-state index in [0.29, 0.717) is 0 Å². The second-order valence-corrected chi connectivity index (χ2v) is 7.22. The molecule has 3 heteroatoms. The lowest BCUT2D eigenvalue weighted by molar-refractivity contribution is 1.02. The van der Waals surface area contributed by atoms with E-state index < -0.39 is 7.55 Å². The largest absolute Gasteiger partial charge is 0.325 e. The van der Waals surface area contributed by atoms with E-state index >= 15 is 0 Å². The first-order chi connectivity index (χ1) is 4.18. The van der Waals surface area contributed by atoms with Crippen molar-refractivity contribution in [2.45, 2.75) is 19.4 Å². The van der Waals surface area contributed by atoms with Crippen LogP contribution in [0.4, 0.5) is 0 Å². The summed E-state index contributed by atoms with van der Waals surface area (Å²) < 4.78 is 0. The Balaban J connectivity index is 3.76. The van der Waals surface area contributed by atoms with Crippen LogP contribution in [0.3, 0.4) is 0 Å². The molecule has 1 nitrogen and oxygen atoms in total. The van der Waals surface area contributed by atoms with Crippen LogP contribution in [0, 0.1) is 0 Å². The normalized spacial score (nSPS) is 16.8. The Bertz CT molecular complexity index is 97.1. The van der Waals surface area contributed by atoms with Crippen molar-refractivity contribution in [2.24, 2.45) is 0 Å². The summed E-state index contributed by atoms with van der Waals surface area (Å²) in [6.07, 6.45) is 1.13. The Labute approximate surface area is 62.9 Å². The molecule has 0 radical (unpaired) electrons. The number of halogens is 1. The summed E-state index contributed by atoms with van der Waals surface area (Å²) in [5.41, 5.74) is 1.87. The third-order valence-electron chi connectivity index (χ3n) is 1.35. The fourth-order valence-corrected chi connectivity index (χ4v) is 2.65. The van der Waals surface area contributed by atoms with E-state index in [1.54, 1.807) is 0 Å². The fourth-order valence-electron chi connectivity index (χ4n) is 0.693. The lowest BCUT2D eigenvalue weighted by Gasteiger charge is -2.17. The molecule has 0 amide bonds. The van der Waals surface area contributed by atoms with Gasteiger partial charge in [0.2, 0.25) is 7.55 Å². The average Bonchev–Trinajstić information content (AvgIpc) is 1.89. The molecule has 1 unspecified atom stereocenters. The SMILES string of the molecule is C=C[Si](Cl)(CCC)NC. The minimum atomic E-state index is -1.71. The van der Waals surface area contributed by atoms with Gasteiger partial charge in [0.05, 0.1) is 0 Å². The van der Waals surface area contributed by atoms with E-state index in [9.17, 15) is 0 Å². The first-order valence-electron chi connectivity index (χ1n) is 3.20. The molecule has 0 spiro atoms. The molecular weight excluding hydrogens is 150 g/mol. The molecule has 0 aliphatic rings. The molecule has 0 rings (SSSR count). The molecule has 0 aromatic rings. The highest BCUT2D eigenvalue weighted by atomic mass is 35.6. The topological polar surface area (TPSA) is 12.0 Å². The molecule has 0 heterocycles. The molecular formula is C6H14ClNSi. The molecule has 0 aromatic carbocycles. The van der Waals surface area contributed by atoms with Gasteiger partial charge in [-0.25, -0.2) is 0 Å². The van der Waals surface area contributed by atoms with Crippen LogP contribution in [0.15, 0.2) is 12.3 Å². The molecule has 0 saturated heterocycles. The summed E-state index contributed by atoms with van der Waals surface area (Å²) in [6, 6.07) is 1.06. The first kappa shape index (κ1) is 9.21. The summed E-state index contributed by atoms with van der Waals surface area (Å²) >= 11 is 6.12. The van der Waals surface area contributed by atoms with Crippen molar-refractivity contribution in [3.05, 3.63) is 12.3 Å². The molecule has 0 saturated carbocycles. The van der Waals surface area contributed by atoms with Crippen LogP contribution in [0.5, 0.6) is 0 Å². The van der Waals surface area contributed by atoms with E-state index in [0.717, 1.165) is 12.5 Å². The number of hydrogen-bond acceptors (Lipinski definition) is 1. The molecule has 9 heavy (non-hydrogen) atoms. The van der Waals surface area contributed by atoms with Crippen LogP contribution in [0.2, 0.25) is 6.04 Å². The van der Waals surface area contributed by atoms with Gasteiger partial charge in [0.15, 0.2) is 0 Å². The second-order valence-electron chi connectivity index (χ2n) is 2.07. The van der Waals surface area contributed by atoms with Crippen LogP contribution >= 0.6 is 11.1 Å². The third kappa shape index (κ3) is 3.03. The zero-order chi connectivity index (χ0) is 7.33. The average molecular weight is 164 g/mol. The monoisotopic (exact) mass is 163 g/mol. The summed E-state index contributed by atoms with van der Waals surface area (Å²) in [5, 5.41) is 0. The van der Waals surface area contributed by atoms with Crippen LogP contribution in [0.1, 0.15) is 13.3 Å². The minimum Gasteiger partial charge on any atom is -0.325 e. The zero-order valence-electron chi connectivity index (χ0n) is 6.08. The van der Waals surface area contributed by atoms with Crippen LogP contribution in [-0.2, 0) is 0 Å². The molecule has 54 valence electrons. The minimum absolute atomic E-state index is 1.06. The van der Waals surface area contributed by atoms with Crippen LogP contribution < -0.4 is 4.98 Å². The predicted molar refractivity (Wildman–Crippen MR) is 46.0 cm³/mol. The highest BCUT2D eigenvalue weighted by Gasteiger charge is 2.22. The lowest BCUT2D eigenvalue weighted by atomic mass is 10.6. The molecule has 0 bridgehead atoms. The zero-order valence-corrected chi connectivity index (χ0v) is 7.83. The van der Waals surface area contributed by atoms with Crippen molar-refractivity contribution in [1.82, 2.24) is 4.98 Å². The van der Waals surface area contributed by atoms with E-state index in [1.807, 2.05) is 12.7 Å². The van der Waals surface area contributed by atoms with Gasteiger partial charge in [0.25, 0.3) is 0 Å². The third-order valence-corrected chi connectivity index (χ3v) is 5.66. The Morgan fingerprint density at radius 2 is 2.33 bits per heavy atom. The second kappa shape index (κ2) is 4.09. The van der Waals surface area contributed by atoms with Crippen molar-refractivity contribution in [3.63, 3.8) is 0 Å². The lowest BCUT2D eigenvalue weighted by Crippen LogP contribution is -2.40. The number of nitrogens with one attached hydrogen (secondary N) is 1. The van der Waals surface area contributed by atoms with Gasteiger partial charge in [-0.1, -0.05) is 19.0 Å². The maximum atomic E-state index is 6.12. The Morgan fingerprint density at radius 1 is 1.78 bits per heavy atom. The Hall–Kier alpha value is 0.207. The van der Waals surface area contributed by atoms with Crippen molar-refractivity contribution >= 4 is 18.6 Å². The van der Waals surface area contributed by atoms with Crippen molar-refractivity contribution in [3.8, 4) is 0 Å². The number of hydrogen-bond donors (Lipinski definition) is 1. The van der Waals surface area contributed by atoms with Gasteiger partial charge >= 0.3 is 0 Å².